The first-order chi connectivity index (χ1) is 7.97. The molecule has 0 aromatic heterocycles. The molecule has 2 rings (SSSR count). The van der Waals surface area contributed by atoms with E-state index in [0.717, 1.165) is 25.8 Å². The van der Waals surface area contributed by atoms with Gasteiger partial charge in [-0.15, -0.1) is 0 Å². The molecule has 2 fully saturated rings. The fraction of sp³-hybridized carbons (Fsp3) is 1.00. The Labute approximate surface area is 99.8 Å². The second kappa shape index (κ2) is 5.14. The van der Waals surface area contributed by atoms with Crippen molar-refractivity contribution in [1.29, 1.82) is 0 Å². The number of hydrogen-bond donors (Lipinski definition) is 1. The third kappa shape index (κ3) is 3.35. The van der Waals surface area contributed by atoms with Crippen LogP contribution in [0.1, 0.15) is 38.5 Å². The van der Waals surface area contributed by atoms with Gasteiger partial charge in [0.15, 0.2) is 0 Å². The highest BCUT2D eigenvalue weighted by Gasteiger charge is 2.43. The number of aliphatic hydroxyl groups excluding tert-OH is 1. The van der Waals surface area contributed by atoms with Crippen molar-refractivity contribution < 1.29 is 18.3 Å². The standard InChI is InChI=1S/C12H20F3NO/c13-12(14,15)9-3-2-6-16(8-9)10-4-1-5-11(17)7-10/h9-11,17H,1-8H2. The minimum atomic E-state index is -4.06. The molecular formula is C12H20F3NO. The van der Waals surface area contributed by atoms with E-state index in [1.807, 2.05) is 4.90 Å². The Bertz CT molecular complexity index is 257. The predicted octanol–water partition coefficient (Wildman–Crippen LogP) is 2.56. The molecule has 1 aliphatic carbocycles. The molecule has 0 spiro atoms. The lowest BCUT2D eigenvalue weighted by Gasteiger charge is -2.41. The Morgan fingerprint density at radius 1 is 1.06 bits per heavy atom. The lowest BCUT2D eigenvalue weighted by atomic mass is 9.88. The maximum atomic E-state index is 12.7. The van der Waals surface area contributed by atoms with Crippen LogP contribution in [0.2, 0.25) is 0 Å². The number of halogens is 3. The van der Waals surface area contributed by atoms with Crippen molar-refractivity contribution in [3.05, 3.63) is 0 Å². The first-order valence-corrected chi connectivity index (χ1v) is 6.45. The van der Waals surface area contributed by atoms with Crippen molar-refractivity contribution in [3.63, 3.8) is 0 Å². The van der Waals surface area contributed by atoms with Crippen LogP contribution in [0.3, 0.4) is 0 Å². The van der Waals surface area contributed by atoms with Crippen LogP contribution in [0, 0.1) is 5.92 Å². The zero-order chi connectivity index (χ0) is 12.5. The molecule has 3 unspecified atom stereocenters. The number of aliphatic hydroxyl groups is 1. The van der Waals surface area contributed by atoms with E-state index in [1.165, 1.54) is 0 Å². The summed E-state index contributed by atoms with van der Waals surface area (Å²) in [6.45, 7) is 0.880. The maximum absolute atomic E-state index is 12.7. The summed E-state index contributed by atoms with van der Waals surface area (Å²) in [6.07, 6.45) is -0.198. The van der Waals surface area contributed by atoms with Gasteiger partial charge in [0.05, 0.1) is 12.0 Å². The molecule has 100 valence electrons. The smallest absolute Gasteiger partial charge is 0.393 e. The summed E-state index contributed by atoms with van der Waals surface area (Å²) in [7, 11) is 0. The van der Waals surface area contributed by atoms with Crippen LogP contribution in [-0.4, -0.2) is 41.4 Å². The normalized spacial score (nSPS) is 37.1. The molecule has 3 atom stereocenters. The molecule has 0 bridgehead atoms. The van der Waals surface area contributed by atoms with Crippen LogP contribution >= 0.6 is 0 Å². The molecule has 2 aliphatic rings. The van der Waals surface area contributed by atoms with Crippen LogP contribution < -0.4 is 0 Å². The van der Waals surface area contributed by atoms with Crippen LogP contribution in [0.4, 0.5) is 13.2 Å². The molecule has 17 heavy (non-hydrogen) atoms. The molecule has 1 heterocycles. The summed E-state index contributed by atoms with van der Waals surface area (Å²) in [5, 5.41) is 9.59. The Kier molecular flexibility index (Phi) is 3.98. The highest BCUT2D eigenvalue weighted by molar-refractivity contribution is 4.85. The number of likely N-dealkylation sites (tertiary alicyclic amines) is 1. The SMILES string of the molecule is OC1CCCC(N2CCCC(C(F)(F)F)C2)C1. The van der Waals surface area contributed by atoms with E-state index in [0.29, 0.717) is 12.8 Å². The van der Waals surface area contributed by atoms with Crippen molar-refractivity contribution in [2.24, 2.45) is 5.92 Å². The van der Waals surface area contributed by atoms with Crippen molar-refractivity contribution in [2.75, 3.05) is 13.1 Å². The Balaban J connectivity index is 1.92. The van der Waals surface area contributed by atoms with Crippen LogP contribution in [-0.2, 0) is 0 Å². The highest BCUT2D eigenvalue weighted by atomic mass is 19.4. The predicted molar refractivity (Wildman–Crippen MR) is 58.6 cm³/mol. The first kappa shape index (κ1) is 13.1. The fourth-order valence-corrected chi connectivity index (χ4v) is 3.08. The van der Waals surface area contributed by atoms with Crippen LogP contribution in [0.25, 0.3) is 0 Å². The minimum Gasteiger partial charge on any atom is -0.393 e. The largest absolute Gasteiger partial charge is 0.393 e. The quantitative estimate of drug-likeness (QED) is 0.774. The van der Waals surface area contributed by atoms with Crippen molar-refractivity contribution in [1.82, 2.24) is 4.90 Å². The van der Waals surface area contributed by atoms with Gasteiger partial charge in [-0.1, -0.05) is 0 Å². The lowest BCUT2D eigenvalue weighted by molar-refractivity contribution is -0.189. The summed E-state index contributed by atoms with van der Waals surface area (Å²) in [4.78, 5) is 1.95. The number of alkyl halides is 3. The number of hydrogen-bond acceptors (Lipinski definition) is 2. The van der Waals surface area contributed by atoms with Crippen molar-refractivity contribution in [3.8, 4) is 0 Å². The summed E-state index contributed by atoms with van der Waals surface area (Å²) >= 11 is 0. The summed E-state index contributed by atoms with van der Waals surface area (Å²) in [5.74, 6) is -1.17. The molecule has 5 heteroatoms. The van der Waals surface area contributed by atoms with Gasteiger partial charge in [-0.25, -0.2) is 0 Å². The van der Waals surface area contributed by atoms with Gasteiger partial charge in [-0.2, -0.15) is 13.2 Å². The van der Waals surface area contributed by atoms with Gasteiger partial charge in [0.2, 0.25) is 0 Å². The lowest BCUT2D eigenvalue weighted by Crippen LogP contribution is -2.48. The summed E-state index contributed by atoms with van der Waals surface area (Å²) < 4.78 is 38.0. The van der Waals surface area contributed by atoms with E-state index < -0.39 is 12.1 Å². The van der Waals surface area contributed by atoms with E-state index in [1.54, 1.807) is 0 Å². The second-order valence-electron chi connectivity index (χ2n) is 5.35. The molecule has 0 amide bonds. The van der Waals surface area contributed by atoms with Crippen molar-refractivity contribution in [2.45, 2.75) is 56.8 Å². The van der Waals surface area contributed by atoms with E-state index in [2.05, 4.69) is 0 Å². The van der Waals surface area contributed by atoms with Gasteiger partial charge in [-0.3, -0.25) is 4.90 Å². The highest BCUT2D eigenvalue weighted by Crippen LogP contribution is 2.35. The van der Waals surface area contributed by atoms with Gasteiger partial charge in [0.1, 0.15) is 0 Å². The molecular weight excluding hydrogens is 231 g/mol. The Hall–Kier alpha value is -0.290. The van der Waals surface area contributed by atoms with E-state index >= 15 is 0 Å². The molecule has 1 aliphatic heterocycles. The number of rotatable bonds is 1. The van der Waals surface area contributed by atoms with Gasteiger partial charge in [0, 0.05) is 12.6 Å². The topological polar surface area (TPSA) is 23.5 Å². The average molecular weight is 251 g/mol. The first-order valence-electron chi connectivity index (χ1n) is 6.45. The Morgan fingerprint density at radius 3 is 2.47 bits per heavy atom. The second-order valence-corrected chi connectivity index (χ2v) is 5.35. The molecule has 1 saturated carbocycles. The molecule has 2 nitrogen and oxygen atoms in total. The fourth-order valence-electron chi connectivity index (χ4n) is 3.08. The average Bonchev–Trinajstić information content (AvgIpc) is 2.28. The third-order valence-electron chi connectivity index (χ3n) is 4.05. The minimum absolute atomic E-state index is 0.126. The third-order valence-corrected chi connectivity index (χ3v) is 4.05. The molecule has 0 radical (unpaired) electrons. The number of nitrogens with zero attached hydrogens (tertiary/aromatic N) is 1. The molecule has 0 aromatic carbocycles. The number of piperidine rings is 1. The van der Waals surface area contributed by atoms with Crippen molar-refractivity contribution >= 4 is 0 Å². The summed E-state index contributed by atoms with van der Waals surface area (Å²) in [5.41, 5.74) is 0. The molecule has 1 N–H and O–H groups in total. The van der Waals surface area contributed by atoms with Crippen LogP contribution in [0.5, 0.6) is 0 Å². The van der Waals surface area contributed by atoms with Gasteiger partial charge < -0.3 is 5.11 Å². The summed E-state index contributed by atoms with van der Waals surface area (Å²) in [6, 6.07) is 0.156. The van der Waals surface area contributed by atoms with Gasteiger partial charge >= 0.3 is 6.18 Å². The zero-order valence-corrected chi connectivity index (χ0v) is 9.92. The maximum Gasteiger partial charge on any atom is 0.393 e. The Morgan fingerprint density at radius 2 is 1.82 bits per heavy atom. The zero-order valence-electron chi connectivity index (χ0n) is 9.92. The molecule has 1 saturated heterocycles. The molecule has 0 aromatic rings. The van der Waals surface area contributed by atoms with E-state index in [-0.39, 0.29) is 25.1 Å². The van der Waals surface area contributed by atoms with Gasteiger partial charge in [0.25, 0.3) is 0 Å². The van der Waals surface area contributed by atoms with E-state index in [9.17, 15) is 18.3 Å². The van der Waals surface area contributed by atoms with Crippen LogP contribution in [0.15, 0.2) is 0 Å². The van der Waals surface area contributed by atoms with E-state index in [4.69, 9.17) is 0 Å². The van der Waals surface area contributed by atoms with Gasteiger partial charge in [-0.05, 0) is 45.1 Å². The monoisotopic (exact) mass is 251 g/mol.